The van der Waals surface area contributed by atoms with Crippen LogP contribution in [0.2, 0.25) is 0 Å². The number of ether oxygens (including phenoxy) is 2. The fourth-order valence-electron chi connectivity index (χ4n) is 19.1. The summed E-state index contributed by atoms with van der Waals surface area (Å²) in [4.78, 5) is 241. The Hall–Kier alpha value is -13.1. The van der Waals surface area contributed by atoms with Gasteiger partial charge in [0.15, 0.2) is 0 Å². The van der Waals surface area contributed by atoms with Crippen molar-refractivity contribution in [1.82, 2.24) is 73.3 Å². The molecule has 2 fully saturated rings. The van der Waals surface area contributed by atoms with Crippen LogP contribution in [-0.4, -0.2) is 224 Å². The summed E-state index contributed by atoms with van der Waals surface area (Å²) in [5, 5.41) is 30.6. The van der Waals surface area contributed by atoms with Gasteiger partial charge in [-0.05, 0) is 193 Å². The minimum absolute atomic E-state index is 0.0987. The summed E-state index contributed by atoms with van der Waals surface area (Å²) in [5.41, 5.74) is 9.39. The number of benzene rings is 7. The average Bonchev–Trinajstić information content (AvgIpc) is 1.53. The highest BCUT2D eigenvalue weighted by atomic mass is 32.4. The van der Waals surface area contributed by atoms with Gasteiger partial charge in [0.2, 0.25) is 70.9 Å². The molecule has 8 aromatic rings. The SMILES string of the molecule is CC(=O)N[C@@H](C)C(=O)N[C@@H](C)C(=O)NC(C)(C)C(=O)N[C@@H](C)C(=O)N(C(=O)OCC1c2ccccc2-c2ccccc21)[C@H](CP(=S)(c1ccccc1)c1ccccc1)C(=O)N[C@@H](Cc1c[nH]c2ccccc12)C(=O)N[C@@H](C)C(=O)N[C@@H](C)C(=O)N(C(=O)OCC1c2ccccc2-c2ccccc21)[C@@H](CP(=S)(C1CCCCC1)C1CCCCC1)C(=O)N[C@@H](C)C(=O)N[C@@H](C)C(=O)NC(C)(C)C(=O)N[C@@H](C)C(N)=O. The molecule has 1 heterocycles. The van der Waals surface area contributed by atoms with Crippen molar-refractivity contribution in [3.63, 3.8) is 0 Å². The molecule has 0 saturated heterocycles. The van der Waals surface area contributed by atoms with Gasteiger partial charge in [-0.3, -0.25) is 67.1 Å². The Labute approximate surface area is 837 Å². The maximum atomic E-state index is 16.8. The third kappa shape index (κ3) is 25.5. The van der Waals surface area contributed by atoms with Crippen molar-refractivity contribution in [1.29, 1.82) is 0 Å². The number of hydrogen-bond donors (Lipinski definition) is 13. The number of nitrogens with zero attached hydrogens (tertiary/aromatic N) is 2. The molecule has 33 nitrogen and oxygen atoms in total. The zero-order valence-corrected chi connectivity index (χ0v) is 85.6. The van der Waals surface area contributed by atoms with E-state index in [1.807, 2.05) is 97.1 Å². The first-order chi connectivity index (χ1) is 67.4. The van der Waals surface area contributed by atoms with E-state index in [1.54, 1.807) is 91.1 Å². The van der Waals surface area contributed by atoms with Gasteiger partial charge in [-0.2, -0.15) is 0 Å². The maximum absolute atomic E-state index is 16.8. The summed E-state index contributed by atoms with van der Waals surface area (Å²) in [7, 11) is 0. The molecule has 16 amide bonds. The number of carbonyl (C=O) groups is 16. The second-order valence-corrected chi connectivity index (χ2v) is 48.8. The minimum Gasteiger partial charge on any atom is -0.448 e. The Morgan fingerprint density at radius 2 is 0.732 bits per heavy atom. The van der Waals surface area contributed by atoms with Crippen molar-refractivity contribution >= 4 is 152 Å². The Morgan fingerprint density at radius 3 is 1.15 bits per heavy atom. The number of fused-ring (bicyclic) bond motifs is 7. The molecule has 11 atom stereocenters. The van der Waals surface area contributed by atoms with Gasteiger partial charge >= 0.3 is 12.2 Å². The average molecular weight is 2020 g/mol. The molecule has 14 N–H and O–H groups in total. The van der Waals surface area contributed by atoms with Crippen LogP contribution in [-0.2, 0) is 107 Å². The number of rotatable bonds is 40. The zero-order chi connectivity index (χ0) is 103. The number of nitrogens with one attached hydrogen (secondary N) is 12. The number of H-pyrrole nitrogens is 1. The van der Waals surface area contributed by atoms with Gasteiger partial charge in [0.25, 0.3) is 11.8 Å². The van der Waals surface area contributed by atoms with Crippen LogP contribution in [0.15, 0.2) is 188 Å². The van der Waals surface area contributed by atoms with E-state index in [0.717, 1.165) is 83.0 Å². The molecule has 0 spiro atoms. The molecule has 0 aliphatic heterocycles. The highest BCUT2D eigenvalue weighted by Gasteiger charge is 2.50. The van der Waals surface area contributed by atoms with Gasteiger partial charge in [-0.1, -0.05) is 238 Å². The molecule has 142 heavy (non-hydrogen) atoms. The Bertz CT molecular complexity index is 6030. The van der Waals surface area contributed by atoms with Crippen LogP contribution in [0, 0.1) is 0 Å². The van der Waals surface area contributed by atoms with Crippen LogP contribution in [0.3, 0.4) is 0 Å². The quantitative estimate of drug-likeness (QED) is 0.0159. The molecule has 754 valence electrons. The van der Waals surface area contributed by atoms with Crippen LogP contribution in [0.4, 0.5) is 9.59 Å². The number of imide groups is 2. The number of amides is 16. The number of primary amides is 1. The lowest BCUT2D eigenvalue weighted by Gasteiger charge is -2.44. The van der Waals surface area contributed by atoms with Crippen molar-refractivity contribution in [2.45, 2.75) is 261 Å². The van der Waals surface area contributed by atoms with Crippen LogP contribution in [0.1, 0.15) is 194 Å². The molecule has 2 saturated carbocycles. The smallest absolute Gasteiger partial charge is 0.417 e. The number of carbonyl (C=O) groups excluding carboxylic acids is 16. The minimum atomic E-state index is -3.56. The fraction of sp³-hybridized carbons (Fsp3) is 0.429. The first-order valence-electron chi connectivity index (χ1n) is 48.3. The standard InChI is InChI=1S/C105H129N15O18P2S2/c1-60(89(106)122)114-100(133)104(10,11)117-94(127)65(6)110-91(124)63(4)112-96(129)87(58-139(141,70-36-18-14-19-37-70)71-38-20-15-21-39-71)119(102(135)137-56-83-79-49-30-26-45-75(79)76-46-27-31-50-80(76)83)98(131)66(7)113-92(125)62(3)111-95(128)86(54-69-55-107-85-53-35-34-44-74(69)85)116-97(130)88(59-140(142,72-40-22-16-23-41-72)73-42-24-17-25-43-73)120(103(136)138-57-84-81-51-32-28-47-77(81)78-48-29-33-52-82(78)84)99(132)67(8)115-101(134)105(12,13)118-93(126)64(5)109-90(123)61(2)108-68(9)121/h16-17,22-35,40-53,55,60-67,70-71,83-84,86-88,107H,14-15,18-21,36-39,54,56-59H2,1-13H3,(H2,106,122)(H,108,121)(H,109,123)(H,110,124)(H,111,128)(H,112,129)(H,113,125)(H,114,133)(H,115,134)(H,116,130)(H,117,127)(H,118,126)/t60-,61-,62-,63-,64-,65-,66-,67-,86-,87-,88+/m0/s1. The number of aromatic amines is 1. The van der Waals surface area contributed by atoms with E-state index in [0.29, 0.717) is 62.6 Å². The van der Waals surface area contributed by atoms with Crippen LogP contribution in [0.25, 0.3) is 33.2 Å². The van der Waals surface area contributed by atoms with E-state index in [2.05, 4.69) is 63.5 Å². The van der Waals surface area contributed by atoms with E-state index in [4.69, 9.17) is 38.8 Å². The summed E-state index contributed by atoms with van der Waals surface area (Å²) in [6.07, 6.45) is 5.87. The van der Waals surface area contributed by atoms with Crippen molar-refractivity contribution in [3.05, 3.63) is 216 Å². The summed E-state index contributed by atoms with van der Waals surface area (Å²) < 4.78 is 12.8. The van der Waals surface area contributed by atoms with Crippen molar-refractivity contribution in [3.8, 4) is 22.3 Å². The van der Waals surface area contributed by atoms with E-state index in [-0.39, 0.29) is 30.5 Å². The van der Waals surface area contributed by atoms with Crippen molar-refractivity contribution < 1.29 is 86.2 Å². The molecular formula is C105H129N15O18P2S2. The topological polar surface area (TPSA) is 472 Å². The summed E-state index contributed by atoms with van der Waals surface area (Å²) in [6, 6.07) is 31.1. The largest absolute Gasteiger partial charge is 0.448 e. The lowest BCUT2D eigenvalue weighted by molar-refractivity contribution is -0.142. The highest BCUT2D eigenvalue weighted by Crippen LogP contribution is 2.64. The summed E-state index contributed by atoms with van der Waals surface area (Å²) in [6.45, 7) is 16.5. The van der Waals surface area contributed by atoms with E-state index in [9.17, 15) is 38.4 Å². The van der Waals surface area contributed by atoms with Crippen molar-refractivity contribution in [2.75, 3.05) is 25.5 Å². The Kier molecular flexibility index (Phi) is 35.8. The summed E-state index contributed by atoms with van der Waals surface area (Å²) in [5.74, 6) is -14.2. The van der Waals surface area contributed by atoms with Gasteiger partial charge in [0.1, 0.15) is 90.8 Å². The predicted octanol–water partition coefficient (Wildman–Crippen LogP) is 9.10. The van der Waals surface area contributed by atoms with Gasteiger partial charge < -0.3 is 78.7 Å². The van der Waals surface area contributed by atoms with Crippen LogP contribution in [0.5, 0.6) is 0 Å². The summed E-state index contributed by atoms with van der Waals surface area (Å²) >= 11 is 14.0. The molecule has 1 aromatic heterocycles. The van der Waals surface area contributed by atoms with Gasteiger partial charge in [-0.15, -0.1) is 0 Å². The van der Waals surface area contributed by atoms with Gasteiger partial charge in [0.05, 0.1) is 0 Å². The molecule has 4 aliphatic carbocycles. The number of nitrogens with two attached hydrogens (primary N) is 1. The first-order valence-corrected chi connectivity index (χ1v) is 54.4. The van der Waals surface area contributed by atoms with Crippen molar-refractivity contribution in [2.24, 2.45) is 5.73 Å². The highest BCUT2D eigenvalue weighted by molar-refractivity contribution is 8.22. The van der Waals surface area contributed by atoms with Gasteiger partial charge in [-0.25, -0.2) is 19.4 Å². The molecule has 7 aromatic carbocycles. The third-order valence-electron chi connectivity index (χ3n) is 27.2. The lowest BCUT2D eigenvalue weighted by Crippen LogP contribution is -2.64. The van der Waals surface area contributed by atoms with Gasteiger partial charge in [0, 0.05) is 60.6 Å². The molecule has 12 rings (SSSR count). The Morgan fingerprint density at radius 1 is 0.394 bits per heavy atom. The number of hydrogen-bond acceptors (Lipinski definition) is 20. The van der Waals surface area contributed by atoms with Crippen LogP contribution >= 0.6 is 12.1 Å². The predicted molar refractivity (Wildman–Crippen MR) is 550 cm³/mol. The van der Waals surface area contributed by atoms with Crippen LogP contribution < -0.4 is 74.8 Å². The molecule has 37 heteroatoms. The van der Waals surface area contributed by atoms with E-state index < -0.39 is 209 Å². The molecule has 4 aliphatic rings. The number of para-hydroxylation sites is 1. The third-order valence-corrected chi connectivity index (χ3v) is 38.7. The molecule has 0 bridgehead atoms. The molecular weight excluding hydrogens is 1890 g/mol. The Balaban J connectivity index is 0.897. The van der Waals surface area contributed by atoms with E-state index >= 15 is 38.4 Å². The second-order valence-electron chi connectivity index (χ2n) is 38.5. The van der Waals surface area contributed by atoms with E-state index in [1.165, 1.54) is 90.0 Å². The zero-order valence-electron chi connectivity index (χ0n) is 82.2. The fourth-order valence-corrected chi connectivity index (χ4v) is 29.3. The number of aromatic nitrogens is 1. The lowest BCUT2D eigenvalue weighted by atomic mass is 9.98. The maximum Gasteiger partial charge on any atom is 0.417 e. The normalized spacial score (nSPS) is 16.2. The molecule has 0 radical (unpaired) electrons. The second kappa shape index (κ2) is 47.2. The first kappa shape index (κ1) is 108. The monoisotopic (exact) mass is 2010 g/mol. The molecule has 0 unspecified atom stereocenters.